The smallest absolute Gasteiger partial charge is 0.118 e. The van der Waals surface area contributed by atoms with Crippen LogP contribution in [-0.4, -0.2) is 17.4 Å². The molecule has 1 fully saturated rings. The van der Waals surface area contributed by atoms with E-state index in [-0.39, 0.29) is 0 Å². The molecule has 0 aromatic carbocycles. The Balaban J connectivity index is 2.30. The molecule has 1 aliphatic rings. The second-order valence-electron chi connectivity index (χ2n) is 5.29. The van der Waals surface area contributed by atoms with Gasteiger partial charge in [0.25, 0.3) is 0 Å². The summed E-state index contributed by atoms with van der Waals surface area (Å²) in [6.07, 6.45) is 10.8. The van der Waals surface area contributed by atoms with E-state index in [1.807, 2.05) is 0 Å². The maximum atomic E-state index is 10.6. The van der Waals surface area contributed by atoms with Crippen molar-refractivity contribution in [3.63, 3.8) is 0 Å². The first-order chi connectivity index (χ1) is 7.73. The van der Waals surface area contributed by atoms with Crippen LogP contribution < -0.4 is 5.32 Å². The molecule has 2 unspecified atom stereocenters. The molecule has 1 aliphatic heterocycles. The molecule has 2 atom stereocenters. The molecule has 96 valence electrons. The molecule has 0 radical (unpaired) electrons. The number of hydrogen-bond acceptors (Lipinski definition) is 2. The van der Waals surface area contributed by atoms with Crippen LogP contribution in [0.15, 0.2) is 0 Å². The first kappa shape index (κ1) is 14.0. The first-order valence-corrected chi connectivity index (χ1v) is 7.20. The second-order valence-corrected chi connectivity index (χ2v) is 5.29. The van der Waals surface area contributed by atoms with Gasteiger partial charge in [0.1, 0.15) is 5.72 Å². The van der Waals surface area contributed by atoms with Gasteiger partial charge < -0.3 is 5.11 Å². The van der Waals surface area contributed by atoms with Gasteiger partial charge >= 0.3 is 0 Å². The first-order valence-electron chi connectivity index (χ1n) is 7.20. The van der Waals surface area contributed by atoms with Gasteiger partial charge in [0.2, 0.25) is 0 Å². The van der Waals surface area contributed by atoms with E-state index < -0.39 is 5.72 Å². The topological polar surface area (TPSA) is 32.3 Å². The SMILES string of the molecule is CCCCCC1CCNC1(O)CCCCC. The quantitative estimate of drug-likeness (QED) is 0.623. The molecule has 1 rings (SSSR count). The molecular weight excluding hydrogens is 198 g/mol. The molecule has 0 spiro atoms. The molecule has 0 bridgehead atoms. The molecule has 0 saturated carbocycles. The molecule has 2 nitrogen and oxygen atoms in total. The molecule has 0 aliphatic carbocycles. The van der Waals surface area contributed by atoms with E-state index in [1.165, 1.54) is 38.5 Å². The summed E-state index contributed by atoms with van der Waals surface area (Å²) in [5.41, 5.74) is -0.539. The largest absolute Gasteiger partial charge is 0.376 e. The Hall–Kier alpha value is -0.0800. The van der Waals surface area contributed by atoms with Gasteiger partial charge in [-0.1, -0.05) is 46.0 Å². The van der Waals surface area contributed by atoms with E-state index in [1.54, 1.807) is 0 Å². The van der Waals surface area contributed by atoms with Crippen LogP contribution >= 0.6 is 0 Å². The lowest BCUT2D eigenvalue weighted by Gasteiger charge is -2.30. The zero-order valence-corrected chi connectivity index (χ0v) is 11.1. The van der Waals surface area contributed by atoms with Crippen molar-refractivity contribution in [1.29, 1.82) is 0 Å². The Morgan fingerprint density at radius 3 is 2.50 bits per heavy atom. The van der Waals surface area contributed by atoms with Gasteiger partial charge in [0, 0.05) is 5.92 Å². The lowest BCUT2D eigenvalue weighted by molar-refractivity contribution is -0.0314. The van der Waals surface area contributed by atoms with Crippen molar-refractivity contribution in [2.75, 3.05) is 6.54 Å². The van der Waals surface area contributed by atoms with Crippen LogP contribution in [0.1, 0.15) is 71.6 Å². The zero-order valence-electron chi connectivity index (χ0n) is 11.1. The lowest BCUT2D eigenvalue weighted by Crippen LogP contribution is -2.44. The third-order valence-electron chi connectivity index (χ3n) is 3.92. The van der Waals surface area contributed by atoms with E-state index in [9.17, 15) is 5.11 Å². The Morgan fingerprint density at radius 2 is 1.81 bits per heavy atom. The minimum Gasteiger partial charge on any atom is -0.376 e. The van der Waals surface area contributed by atoms with Gasteiger partial charge in [-0.05, 0) is 32.2 Å². The average molecular weight is 227 g/mol. The molecule has 2 heteroatoms. The molecule has 0 aromatic rings. The van der Waals surface area contributed by atoms with Crippen LogP contribution in [0.4, 0.5) is 0 Å². The Bertz CT molecular complexity index is 184. The Morgan fingerprint density at radius 1 is 1.12 bits per heavy atom. The minimum atomic E-state index is -0.539. The highest BCUT2D eigenvalue weighted by molar-refractivity contribution is 4.90. The molecular formula is C14H29NO. The molecule has 0 aromatic heterocycles. The number of rotatable bonds is 8. The van der Waals surface area contributed by atoms with Gasteiger partial charge in [-0.15, -0.1) is 0 Å². The van der Waals surface area contributed by atoms with Crippen LogP contribution in [0.2, 0.25) is 0 Å². The fraction of sp³-hybridized carbons (Fsp3) is 1.00. The van der Waals surface area contributed by atoms with Crippen molar-refractivity contribution in [3.05, 3.63) is 0 Å². The molecule has 16 heavy (non-hydrogen) atoms. The monoisotopic (exact) mass is 227 g/mol. The average Bonchev–Trinajstić information content (AvgIpc) is 2.62. The summed E-state index contributed by atoms with van der Waals surface area (Å²) in [5, 5.41) is 13.9. The van der Waals surface area contributed by atoms with E-state index in [2.05, 4.69) is 19.2 Å². The molecule has 1 heterocycles. The van der Waals surface area contributed by atoms with E-state index in [0.717, 1.165) is 25.8 Å². The fourth-order valence-corrected chi connectivity index (χ4v) is 2.81. The number of aliphatic hydroxyl groups is 1. The van der Waals surface area contributed by atoms with Crippen LogP contribution in [0.5, 0.6) is 0 Å². The standard InChI is InChI=1S/C14H29NO/c1-3-5-7-9-13-10-12-15-14(13,16)11-8-6-4-2/h13,15-16H,3-12H2,1-2H3. The summed E-state index contributed by atoms with van der Waals surface area (Å²) in [4.78, 5) is 0. The highest BCUT2D eigenvalue weighted by Gasteiger charge is 2.39. The van der Waals surface area contributed by atoms with Crippen molar-refractivity contribution in [1.82, 2.24) is 5.32 Å². The fourth-order valence-electron chi connectivity index (χ4n) is 2.81. The van der Waals surface area contributed by atoms with Crippen molar-refractivity contribution >= 4 is 0 Å². The number of hydrogen-bond donors (Lipinski definition) is 2. The predicted octanol–water partition coefficient (Wildman–Crippen LogP) is 3.45. The Labute approximate surface area is 101 Å². The van der Waals surface area contributed by atoms with Crippen LogP contribution in [0.25, 0.3) is 0 Å². The lowest BCUT2D eigenvalue weighted by atomic mass is 9.87. The molecule has 2 N–H and O–H groups in total. The summed E-state index contributed by atoms with van der Waals surface area (Å²) in [6, 6.07) is 0. The predicted molar refractivity (Wildman–Crippen MR) is 69.3 cm³/mol. The molecule has 1 saturated heterocycles. The number of nitrogens with one attached hydrogen (secondary N) is 1. The maximum Gasteiger partial charge on any atom is 0.118 e. The molecule has 0 amide bonds. The highest BCUT2D eigenvalue weighted by Crippen LogP contribution is 2.33. The van der Waals surface area contributed by atoms with Crippen LogP contribution in [-0.2, 0) is 0 Å². The highest BCUT2D eigenvalue weighted by atomic mass is 16.3. The zero-order chi connectivity index (χ0) is 11.9. The summed E-state index contributed by atoms with van der Waals surface area (Å²) >= 11 is 0. The van der Waals surface area contributed by atoms with Gasteiger partial charge in [0.15, 0.2) is 0 Å². The van der Waals surface area contributed by atoms with E-state index in [0.29, 0.717) is 5.92 Å². The van der Waals surface area contributed by atoms with Crippen molar-refractivity contribution in [2.24, 2.45) is 5.92 Å². The maximum absolute atomic E-state index is 10.6. The third-order valence-corrected chi connectivity index (χ3v) is 3.92. The van der Waals surface area contributed by atoms with Gasteiger partial charge in [-0.2, -0.15) is 0 Å². The Kier molecular flexibility index (Phi) is 6.37. The van der Waals surface area contributed by atoms with E-state index >= 15 is 0 Å². The number of unbranched alkanes of at least 4 members (excludes halogenated alkanes) is 4. The van der Waals surface area contributed by atoms with Crippen LogP contribution in [0, 0.1) is 5.92 Å². The third kappa shape index (κ3) is 4.06. The minimum absolute atomic E-state index is 0.496. The van der Waals surface area contributed by atoms with Gasteiger partial charge in [-0.25, -0.2) is 0 Å². The van der Waals surface area contributed by atoms with E-state index in [4.69, 9.17) is 0 Å². The summed E-state index contributed by atoms with van der Waals surface area (Å²) < 4.78 is 0. The summed E-state index contributed by atoms with van der Waals surface area (Å²) in [6.45, 7) is 5.45. The second kappa shape index (κ2) is 7.29. The van der Waals surface area contributed by atoms with Crippen molar-refractivity contribution < 1.29 is 5.11 Å². The summed E-state index contributed by atoms with van der Waals surface area (Å²) in [5.74, 6) is 0.496. The van der Waals surface area contributed by atoms with Crippen molar-refractivity contribution in [3.8, 4) is 0 Å². The van der Waals surface area contributed by atoms with Gasteiger partial charge in [-0.3, -0.25) is 5.32 Å². The van der Waals surface area contributed by atoms with Crippen LogP contribution in [0.3, 0.4) is 0 Å². The van der Waals surface area contributed by atoms with Crippen molar-refractivity contribution in [2.45, 2.75) is 77.4 Å². The van der Waals surface area contributed by atoms with Gasteiger partial charge in [0.05, 0.1) is 0 Å². The summed E-state index contributed by atoms with van der Waals surface area (Å²) in [7, 11) is 0. The normalized spacial score (nSPS) is 29.8.